The van der Waals surface area contributed by atoms with Gasteiger partial charge in [-0.1, -0.05) is 11.6 Å². The van der Waals surface area contributed by atoms with E-state index in [1.54, 1.807) is 27.1 Å². The molecule has 1 saturated heterocycles. The van der Waals surface area contributed by atoms with Crippen LogP contribution in [0.1, 0.15) is 63.0 Å². The van der Waals surface area contributed by atoms with Gasteiger partial charge in [-0.25, -0.2) is 13.4 Å². The second-order valence-corrected chi connectivity index (χ2v) is 14.0. The lowest BCUT2D eigenvalue weighted by molar-refractivity contribution is 0.304. The van der Waals surface area contributed by atoms with Gasteiger partial charge in [-0.2, -0.15) is 10.1 Å². The third-order valence-corrected chi connectivity index (χ3v) is 9.86. The van der Waals surface area contributed by atoms with Crippen LogP contribution in [0, 0.1) is 6.92 Å². The van der Waals surface area contributed by atoms with E-state index in [1.807, 2.05) is 0 Å². The zero-order valence-electron chi connectivity index (χ0n) is 23.7. The monoisotopic (exact) mass is 587 g/mol. The second-order valence-electron chi connectivity index (χ2n) is 11.2. The molecule has 0 radical (unpaired) electrons. The molecule has 10 nitrogen and oxygen atoms in total. The molecular formula is C28H38ClN7O3S. The van der Waals surface area contributed by atoms with Gasteiger partial charge in [0.2, 0.25) is 20.8 Å². The number of likely N-dealkylation sites (tertiary alicyclic amines) is 1. The lowest BCUT2D eigenvalue weighted by atomic mass is 9.88. The maximum absolute atomic E-state index is 12.9. The first-order chi connectivity index (χ1) is 19.0. The van der Waals surface area contributed by atoms with Crippen LogP contribution in [-0.4, -0.2) is 64.6 Å². The smallest absolute Gasteiger partial charge is 0.229 e. The van der Waals surface area contributed by atoms with E-state index in [9.17, 15) is 8.42 Å². The Morgan fingerprint density at radius 1 is 1.07 bits per heavy atom. The highest BCUT2D eigenvalue weighted by atomic mass is 35.5. The summed E-state index contributed by atoms with van der Waals surface area (Å²) in [6.45, 7) is 7.61. The fourth-order valence-corrected chi connectivity index (χ4v) is 6.24. The number of hydrogen-bond donors (Lipinski definition) is 2. The summed E-state index contributed by atoms with van der Waals surface area (Å²) in [5, 5.41) is 10.1. The maximum atomic E-state index is 12.9. The van der Waals surface area contributed by atoms with Crippen LogP contribution < -0.4 is 15.4 Å². The second kappa shape index (κ2) is 11.5. The van der Waals surface area contributed by atoms with Crippen molar-refractivity contribution in [2.45, 2.75) is 75.2 Å². The fraction of sp³-hybridized carbons (Fsp3) is 0.536. The molecule has 1 unspecified atom stereocenters. The molecule has 0 amide bonds. The van der Waals surface area contributed by atoms with Gasteiger partial charge in [0.15, 0.2) is 5.82 Å². The Labute approximate surface area is 241 Å². The molecule has 1 aliphatic heterocycles. The largest absolute Gasteiger partial charge is 0.488 e. The Balaban J connectivity index is 1.44. The quantitative estimate of drug-likeness (QED) is 0.331. The van der Waals surface area contributed by atoms with Crippen molar-refractivity contribution < 1.29 is 13.2 Å². The number of aromatic nitrogens is 4. The minimum Gasteiger partial charge on any atom is -0.488 e. The van der Waals surface area contributed by atoms with E-state index in [1.165, 1.54) is 34.8 Å². The van der Waals surface area contributed by atoms with Crippen LogP contribution in [0.4, 0.5) is 23.1 Å². The maximum Gasteiger partial charge on any atom is 0.229 e. The van der Waals surface area contributed by atoms with E-state index in [-0.39, 0.29) is 22.0 Å². The standard InChI is InChI=1S/C28H38ClN7O3S/c1-17(2)40(37,38)27-24(16-36(5)34-27)31-26-22(29)15-30-28(33-26)32-23-13-18(3)21(14-25(23)39-20-8-9-20)19-7-6-11-35(4)12-10-19/h13-17,19-20H,6-12H2,1-5H3,(H2,30,31,32,33). The lowest BCUT2D eigenvalue weighted by Gasteiger charge is -2.21. The van der Waals surface area contributed by atoms with Gasteiger partial charge in [0.05, 0.1) is 28.9 Å². The molecule has 1 aliphatic carbocycles. The summed E-state index contributed by atoms with van der Waals surface area (Å²) in [5.41, 5.74) is 3.63. The number of halogens is 1. The molecule has 1 atom stereocenters. The van der Waals surface area contributed by atoms with Gasteiger partial charge in [0.1, 0.15) is 10.8 Å². The molecule has 12 heteroatoms. The first kappa shape index (κ1) is 28.6. The molecule has 2 fully saturated rings. The first-order valence-corrected chi connectivity index (χ1v) is 15.8. The van der Waals surface area contributed by atoms with Gasteiger partial charge >= 0.3 is 0 Å². The Morgan fingerprint density at radius 2 is 1.85 bits per heavy atom. The Bertz CT molecular complexity index is 1490. The molecule has 0 bridgehead atoms. The van der Waals surface area contributed by atoms with E-state index in [0.717, 1.165) is 43.8 Å². The highest BCUT2D eigenvalue weighted by Crippen LogP contribution is 2.40. The van der Waals surface area contributed by atoms with Crippen LogP contribution in [0.2, 0.25) is 5.02 Å². The van der Waals surface area contributed by atoms with Crippen molar-refractivity contribution in [3.05, 3.63) is 40.7 Å². The van der Waals surface area contributed by atoms with Crippen LogP contribution >= 0.6 is 11.6 Å². The van der Waals surface area contributed by atoms with Gasteiger partial charge in [-0.3, -0.25) is 4.68 Å². The number of anilines is 4. The molecule has 2 aliphatic rings. The van der Waals surface area contributed by atoms with Crippen molar-refractivity contribution >= 4 is 44.6 Å². The normalized spacial score (nSPS) is 18.5. The Hall–Kier alpha value is -2.89. The van der Waals surface area contributed by atoms with Crippen LogP contribution in [-0.2, 0) is 16.9 Å². The van der Waals surface area contributed by atoms with Gasteiger partial charge in [-0.15, -0.1) is 0 Å². The summed E-state index contributed by atoms with van der Waals surface area (Å²) in [6, 6.07) is 4.31. The molecule has 1 aromatic carbocycles. The number of aryl methyl sites for hydroxylation is 2. The number of ether oxygens (including phenoxy) is 1. The van der Waals surface area contributed by atoms with Crippen molar-refractivity contribution in [2.75, 3.05) is 30.8 Å². The van der Waals surface area contributed by atoms with Gasteiger partial charge in [0, 0.05) is 13.2 Å². The van der Waals surface area contributed by atoms with E-state index < -0.39 is 15.1 Å². The van der Waals surface area contributed by atoms with Gasteiger partial charge in [0.25, 0.3) is 0 Å². The van der Waals surface area contributed by atoms with Gasteiger partial charge < -0.3 is 20.3 Å². The Morgan fingerprint density at radius 3 is 2.58 bits per heavy atom. The summed E-state index contributed by atoms with van der Waals surface area (Å²) in [5.74, 6) is 1.88. The van der Waals surface area contributed by atoms with Crippen LogP contribution in [0.25, 0.3) is 0 Å². The summed E-state index contributed by atoms with van der Waals surface area (Å²) in [6.07, 6.45) is 8.89. The number of hydrogen-bond acceptors (Lipinski definition) is 9. The average molecular weight is 588 g/mol. The molecule has 40 heavy (non-hydrogen) atoms. The molecule has 216 valence electrons. The lowest BCUT2D eigenvalue weighted by Crippen LogP contribution is -2.18. The van der Waals surface area contributed by atoms with E-state index in [4.69, 9.17) is 16.3 Å². The van der Waals surface area contributed by atoms with E-state index >= 15 is 0 Å². The van der Waals surface area contributed by atoms with Crippen molar-refractivity contribution in [1.82, 2.24) is 24.6 Å². The number of benzene rings is 1. The van der Waals surface area contributed by atoms with Crippen LogP contribution in [0.15, 0.2) is 29.6 Å². The minimum atomic E-state index is -3.63. The number of nitrogens with one attached hydrogen (secondary N) is 2. The van der Waals surface area contributed by atoms with E-state index in [0.29, 0.717) is 17.6 Å². The minimum absolute atomic E-state index is 0.0507. The summed E-state index contributed by atoms with van der Waals surface area (Å²) in [4.78, 5) is 11.4. The van der Waals surface area contributed by atoms with Gasteiger partial charge in [-0.05, 0) is 102 Å². The van der Waals surface area contributed by atoms with Crippen LogP contribution in [0.3, 0.4) is 0 Å². The topological polar surface area (TPSA) is 114 Å². The molecule has 3 aromatic rings. The summed E-state index contributed by atoms with van der Waals surface area (Å²) in [7, 11) is 0.229. The molecule has 0 spiro atoms. The third kappa shape index (κ3) is 6.37. The third-order valence-electron chi connectivity index (χ3n) is 7.51. The number of nitrogens with zero attached hydrogens (tertiary/aromatic N) is 5. The highest BCUT2D eigenvalue weighted by molar-refractivity contribution is 7.92. The molecule has 1 saturated carbocycles. The Kier molecular flexibility index (Phi) is 8.26. The molecular weight excluding hydrogens is 550 g/mol. The molecule has 2 aromatic heterocycles. The predicted octanol–water partition coefficient (Wildman–Crippen LogP) is 5.58. The first-order valence-electron chi connectivity index (χ1n) is 13.8. The van der Waals surface area contributed by atoms with Crippen molar-refractivity contribution in [3.63, 3.8) is 0 Å². The summed E-state index contributed by atoms with van der Waals surface area (Å²) < 4.78 is 33.6. The van der Waals surface area contributed by atoms with Crippen molar-refractivity contribution in [1.29, 1.82) is 0 Å². The van der Waals surface area contributed by atoms with Crippen LogP contribution in [0.5, 0.6) is 5.75 Å². The zero-order valence-corrected chi connectivity index (χ0v) is 25.3. The summed E-state index contributed by atoms with van der Waals surface area (Å²) >= 11 is 6.43. The SMILES string of the molecule is Cc1cc(Nc2ncc(Cl)c(Nc3cn(C)nc3S(=O)(=O)C(C)C)n2)c(OC2CC2)cc1C1CCCN(C)CC1. The highest BCUT2D eigenvalue weighted by Gasteiger charge is 2.28. The van der Waals surface area contributed by atoms with Crippen molar-refractivity contribution in [2.24, 2.45) is 7.05 Å². The average Bonchev–Trinajstić information content (AvgIpc) is 3.67. The molecule has 5 rings (SSSR count). The predicted molar refractivity (Wildman–Crippen MR) is 158 cm³/mol. The fourth-order valence-electron chi connectivity index (χ4n) is 5.01. The molecule has 2 N–H and O–H groups in total. The molecule has 3 heterocycles. The number of rotatable bonds is 9. The van der Waals surface area contributed by atoms with Crippen molar-refractivity contribution in [3.8, 4) is 5.75 Å². The van der Waals surface area contributed by atoms with E-state index in [2.05, 4.69) is 56.7 Å². The number of sulfone groups is 1. The zero-order chi connectivity index (χ0) is 28.6.